The number of fused-ring (bicyclic) bond motifs is 1. The third kappa shape index (κ3) is 3.92. The van der Waals surface area contributed by atoms with Crippen LogP contribution in [-0.4, -0.2) is 25.1 Å². The molecule has 0 aliphatic heterocycles. The quantitative estimate of drug-likeness (QED) is 0.544. The zero-order chi connectivity index (χ0) is 19.5. The second kappa shape index (κ2) is 7.87. The fourth-order valence-corrected chi connectivity index (χ4v) is 3.65. The maximum Gasteiger partial charge on any atom is 0.350 e. The Morgan fingerprint density at radius 1 is 1.14 bits per heavy atom. The highest BCUT2D eigenvalue weighted by molar-refractivity contribution is 7.99. The van der Waals surface area contributed by atoms with Crippen molar-refractivity contribution in [3.05, 3.63) is 82.5 Å². The minimum absolute atomic E-state index is 0.220. The molecule has 0 saturated carbocycles. The molecule has 0 saturated heterocycles. The zero-order valence-electron chi connectivity index (χ0n) is 14.4. The predicted molar refractivity (Wildman–Crippen MR) is 108 cm³/mol. The molecule has 4 aromatic rings. The van der Waals surface area contributed by atoms with Crippen LogP contribution >= 0.6 is 23.4 Å². The third-order valence-electron chi connectivity index (χ3n) is 3.83. The summed E-state index contributed by atoms with van der Waals surface area (Å²) in [6.45, 7) is -0.220. The summed E-state index contributed by atoms with van der Waals surface area (Å²) in [7, 11) is 0. The number of nitrogens with one attached hydrogen (secondary N) is 1. The maximum atomic E-state index is 12.6. The lowest BCUT2D eigenvalue weighted by atomic mass is 10.3. The number of carbonyl (C=O) groups is 1. The molecule has 0 bridgehead atoms. The lowest BCUT2D eigenvalue weighted by Crippen LogP contribution is -2.28. The highest BCUT2D eigenvalue weighted by Crippen LogP contribution is 2.27. The monoisotopic (exact) mass is 411 g/mol. The summed E-state index contributed by atoms with van der Waals surface area (Å²) in [5.74, 6) is -0.377. The first-order valence-corrected chi connectivity index (χ1v) is 9.52. The van der Waals surface area contributed by atoms with E-state index in [2.05, 4.69) is 15.4 Å². The lowest BCUT2D eigenvalue weighted by molar-refractivity contribution is -0.117. The van der Waals surface area contributed by atoms with Crippen LogP contribution in [0.3, 0.4) is 0 Å². The fourth-order valence-electron chi connectivity index (χ4n) is 2.60. The predicted octanol–water partition coefficient (Wildman–Crippen LogP) is 3.33. The van der Waals surface area contributed by atoms with Gasteiger partial charge >= 0.3 is 5.69 Å². The molecule has 2 aromatic heterocycles. The zero-order valence-corrected chi connectivity index (χ0v) is 16.0. The molecule has 1 amide bonds. The second-order valence-electron chi connectivity index (χ2n) is 5.84. The van der Waals surface area contributed by atoms with Gasteiger partial charge in [0.2, 0.25) is 5.91 Å². The highest BCUT2D eigenvalue weighted by atomic mass is 35.5. The van der Waals surface area contributed by atoms with Gasteiger partial charge in [-0.25, -0.2) is 18.9 Å². The number of halogens is 1. The number of rotatable bonds is 5. The van der Waals surface area contributed by atoms with Crippen LogP contribution in [0.5, 0.6) is 0 Å². The highest BCUT2D eigenvalue weighted by Gasteiger charge is 2.15. The van der Waals surface area contributed by atoms with Gasteiger partial charge in [0.15, 0.2) is 5.65 Å². The molecule has 0 spiro atoms. The topological polar surface area (TPSA) is 81.3 Å². The van der Waals surface area contributed by atoms with E-state index >= 15 is 0 Å². The SMILES string of the molecule is O=C(Cn1nc2c(Sc3ccccc3)nccn2c1=O)Nc1cccc(Cl)c1. The molecule has 0 atom stereocenters. The number of amides is 1. The second-order valence-corrected chi connectivity index (χ2v) is 7.34. The van der Waals surface area contributed by atoms with Crippen molar-refractivity contribution >= 4 is 40.6 Å². The van der Waals surface area contributed by atoms with Crippen molar-refractivity contribution in [3.8, 4) is 0 Å². The van der Waals surface area contributed by atoms with E-state index in [9.17, 15) is 9.59 Å². The van der Waals surface area contributed by atoms with E-state index < -0.39 is 5.69 Å². The molecule has 0 aliphatic rings. The average molecular weight is 412 g/mol. The molecule has 0 radical (unpaired) electrons. The summed E-state index contributed by atoms with van der Waals surface area (Å²) in [4.78, 5) is 30.2. The standard InChI is InChI=1S/C19H14ClN5O2S/c20-13-5-4-6-14(11-13)22-16(26)12-25-19(27)24-10-9-21-18(17(24)23-25)28-15-7-2-1-3-8-15/h1-11H,12H2,(H,22,26). The van der Waals surface area contributed by atoms with E-state index in [-0.39, 0.29) is 12.5 Å². The van der Waals surface area contributed by atoms with Gasteiger partial charge in [-0.1, -0.05) is 47.6 Å². The van der Waals surface area contributed by atoms with Gasteiger partial charge in [-0.15, -0.1) is 5.10 Å². The third-order valence-corrected chi connectivity index (χ3v) is 5.05. The lowest BCUT2D eigenvalue weighted by Gasteiger charge is -2.04. The van der Waals surface area contributed by atoms with Crippen LogP contribution < -0.4 is 11.0 Å². The first-order valence-electron chi connectivity index (χ1n) is 8.33. The number of nitrogens with zero attached hydrogens (tertiary/aromatic N) is 4. The molecule has 7 nitrogen and oxygen atoms in total. The van der Waals surface area contributed by atoms with E-state index in [4.69, 9.17) is 11.6 Å². The number of carbonyl (C=O) groups excluding carboxylic acids is 1. The van der Waals surface area contributed by atoms with Gasteiger partial charge in [0.1, 0.15) is 11.6 Å². The summed E-state index contributed by atoms with van der Waals surface area (Å²) < 4.78 is 2.50. The van der Waals surface area contributed by atoms with Crippen LogP contribution in [0.2, 0.25) is 5.02 Å². The molecule has 4 rings (SSSR count). The van der Waals surface area contributed by atoms with E-state index in [1.54, 1.807) is 24.3 Å². The first kappa shape index (κ1) is 18.3. The largest absolute Gasteiger partial charge is 0.350 e. The van der Waals surface area contributed by atoms with Gasteiger partial charge in [-0.2, -0.15) is 0 Å². The van der Waals surface area contributed by atoms with Gasteiger partial charge in [-0.05, 0) is 30.3 Å². The number of hydrogen-bond donors (Lipinski definition) is 1. The van der Waals surface area contributed by atoms with Gasteiger partial charge in [0, 0.05) is 28.0 Å². The maximum absolute atomic E-state index is 12.6. The van der Waals surface area contributed by atoms with Gasteiger partial charge in [0.25, 0.3) is 0 Å². The van der Waals surface area contributed by atoms with Gasteiger partial charge in [-0.3, -0.25) is 4.79 Å². The minimum Gasteiger partial charge on any atom is -0.324 e. The molecule has 1 N–H and O–H groups in total. The van der Waals surface area contributed by atoms with Crippen LogP contribution in [0.15, 0.2) is 81.7 Å². The summed E-state index contributed by atoms with van der Waals surface area (Å²) in [5.41, 5.74) is 0.543. The Morgan fingerprint density at radius 2 is 1.96 bits per heavy atom. The molecule has 28 heavy (non-hydrogen) atoms. The molecular formula is C19H14ClN5O2S. The molecule has 9 heteroatoms. The normalized spacial score (nSPS) is 10.9. The van der Waals surface area contributed by atoms with E-state index in [0.717, 1.165) is 9.58 Å². The molecule has 140 valence electrons. The van der Waals surface area contributed by atoms with Crippen molar-refractivity contribution in [1.29, 1.82) is 0 Å². The van der Waals surface area contributed by atoms with Crippen LogP contribution in [-0.2, 0) is 11.3 Å². The molecular weight excluding hydrogens is 398 g/mol. The molecule has 0 aliphatic carbocycles. The number of aromatic nitrogens is 4. The van der Waals surface area contributed by atoms with Crippen molar-refractivity contribution in [2.45, 2.75) is 16.5 Å². The Bertz CT molecular complexity index is 1210. The van der Waals surface area contributed by atoms with Crippen molar-refractivity contribution in [3.63, 3.8) is 0 Å². The van der Waals surface area contributed by atoms with Gasteiger partial charge in [0.05, 0.1) is 0 Å². The fraction of sp³-hybridized carbons (Fsp3) is 0.0526. The number of anilines is 1. The molecule has 2 aromatic carbocycles. The Balaban J connectivity index is 1.60. The number of hydrogen-bond acceptors (Lipinski definition) is 5. The Morgan fingerprint density at radius 3 is 2.75 bits per heavy atom. The van der Waals surface area contributed by atoms with Crippen molar-refractivity contribution in [1.82, 2.24) is 19.2 Å². The summed E-state index contributed by atoms with van der Waals surface area (Å²) in [6, 6.07) is 16.5. The minimum atomic E-state index is -0.409. The Kier molecular flexibility index (Phi) is 5.14. The smallest absolute Gasteiger partial charge is 0.324 e. The Labute approximate surface area is 169 Å². The van der Waals surface area contributed by atoms with Crippen LogP contribution in [0.1, 0.15) is 0 Å². The molecule has 0 fully saturated rings. The average Bonchev–Trinajstić information content (AvgIpc) is 2.99. The number of benzene rings is 2. The molecule has 2 heterocycles. The van der Waals surface area contributed by atoms with Crippen molar-refractivity contribution in [2.24, 2.45) is 0 Å². The van der Waals surface area contributed by atoms with Crippen molar-refractivity contribution in [2.75, 3.05) is 5.32 Å². The first-order chi connectivity index (χ1) is 13.6. The summed E-state index contributed by atoms with van der Waals surface area (Å²) in [6.07, 6.45) is 3.07. The van der Waals surface area contributed by atoms with Gasteiger partial charge < -0.3 is 5.32 Å². The van der Waals surface area contributed by atoms with Crippen LogP contribution in [0, 0.1) is 0 Å². The summed E-state index contributed by atoms with van der Waals surface area (Å²) in [5, 5.41) is 8.10. The van der Waals surface area contributed by atoms with Crippen LogP contribution in [0.25, 0.3) is 5.65 Å². The summed E-state index contributed by atoms with van der Waals surface area (Å²) >= 11 is 7.32. The van der Waals surface area contributed by atoms with E-state index in [1.807, 2.05) is 30.3 Å². The van der Waals surface area contributed by atoms with Crippen LogP contribution in [0.4, 0.5) is 5.69 Å². The Hall–Kier alpha value is -3.10. The van der Waals surface area contributed by atoms with E-state index in [1.165, 1.54) is 28.6 Å². The van der Waals surface area contributed by atoms with Crippen molar-refractivity contribution < 1.29 is 4.79 Å². The van der Waals surface area contributed by atoms with E-state index in [0.29, 0.717) is 21.4 Å². The molecule has 0 unspecified atom stereocenters.